The number of fused-ring (bicyclic) bond motifs is 3. The summed E-state index contributed by atoms with van der Waals surface area (Å²) in [7, 11) is 1.98. The normalized spacial score (nSPS) is 11.2. The van der Waals surface area contributed by atoms with Gasteiger partial charge in [0.1, 0.15) is 16.9 Å². The number of imidazole rings is 1. The van der Waals surface area contributed by atoms with Gasteiger partial charge in [-0.3, -0.25) is 9.78 Å². The zero-order valence-corrected chi connectivity index (χ0v) is 15.8. The van der Waals surface area contributed by atoms with Crippen molar-refractivity contribution in [3.8, 4) is 11.3 Å². The average molecular weight is 382 g/mol. The molecule has 0 spiro atoms. The molecule has 0 aliphatic carbocycles. The summed E-state index contributed by atoms with van der Waals surface area (Å²) in [5.41, 5.74) is 6.16. The molecule has 5 rings (SSSR count). The Labute approximate surface area is 166 Å². The molecule has 0 saturated heterocycles. The molecule has 1 amide bonds. The first kappa shape index (κ1) is 17.1. The lowest BCUT2D eigenvalue weighted by atomic mass is 10.1. The number of rotatable bonds is 4. The average Bonchev–Trinajstić information content (AvgIpc) is 3.36. The Kier molecular flexibility index (Phi) is 4.05. The fourth-order valence-corrected chi connectivity index (χ4v) is 3.50. The van der Waals surface area contributed by atoms with E-state index in [1.807, 2.05) is 29.8 Å². The smallest absolute Gasteiger partial charge is 0.270 e. The summed E-state index contributed by atoms with van der Waals surface area (Å²) < 4.78 is 2.00. The summed E-state index contributed by atoms with van der Waals surface area (Å²) in [6.07, 6.45) is 5.18. The Bertz CT molecular complexity index is 1340. The number of carbonyl (C=O) groups is 1. The third-order valence-electron chi connectivity index (χ3n) is 4.92. The maximum atomic E-state index is 12.2. The second-order valence-corrected chi connectivity index (χ2v) is 6.89. The van der Waals surface area contributed by atoms with Gasteiger partial charge in [0.05, 0.1) is 18.0 Å². The van der Waals surface area contributed by atoms with Crippen molar-refractivity contribution in [2.24, 2.45) is 7.05 Å². The van der Waals surface area contributed by atoms with E-state index in [9.17, 15) is 4.79 Å². The van der Waals surface area contributed by atoms with E-state index >= 15 is 0 Å². The highest BCUT2D eigenvalue weighted by Crippen LogP contribution is 2.28. The number of aromatic amines is 1. The van der Waals surface area contributed by atoms with Crippen molar-refractivity contribution in [2.45, 2.75) is 6.54 Å². The summed E-state index contributed by atoms with van der Waals surface area (Å²) in [5.74, 6) is -0.190. The summed E-state index contributed by atoms with van der Waals surface area (Å²) in [4.78, 5) is 28.6. The zero-order chi connectivity index (χ0) is 19.8. The molecule has 0 aliphatic heterocycles. The van der Waals surface area contributed by atoms with Crippen molar-refractivity contribution in [1.29, 1.82) is 0 Å². The van der Waals surface area contributed by atoms with Crippen LogP contribution in [0.25, 0.3) is 33.3 Å². The van der Waals surface area contributed by atoms with Gasteiger partial charge in [-0.05, 0) is 35.4 Å². The molecule has 2 N–H and O–H groups in total. The summed E-state index contributed by atoms with van der Waals surface area (Å²) in [6, 6.07) is 15.4. The number of amides is 1. The van der Waals surface area contributed by atoms with Crippen LogP contribution in [-0.2, 0) is 13.6 Å². The predicted octanol–water partition coefficient (Wildman–Crippen LogP) is 3.44. The quantitative estimate of drug-likeness (QED) is 0.498. The predicted molar refractivity (Wildman–Crippen MR) is 111 cm³/mol. The molecular weight excluding hydrogens is 364 g/mol. The molecule has 5 aromatic rings. The van der Waals surface area contributed by atoms with Crippen LogP contribution >= 0.6 is 0 Å². The minimum atomic E-state index is -0.190. The van der Waals surface area contributed by atoms with Crippen molar-refractivity contribution < 1.29 is 4.79 Å². The number of nitrogens with zero attached hydrogens (tertiary/aromatic N) is 4. The first-order valence-electron chi connectivity index (χ1n) is 9.26. The van der Waals surface area contributed by atoms with Gasteiger partial charge in [-0.25, -0.2) is 9.97 Å². The molecule has 142 valence electrons. The Morgan fingerprint density at radius 3 is 2.90 bits per heavy atom. The maximum Gasteiger partial charge on any atom is 0.270 e. The Balaban J connectivity index is 1.43. The topological polar surface area (TPSA) is 88.5 Å². The minimum Gasteiger partial charge on any atom is -0.347 e. The summed E-state index contributed by atoms with van der Waals surface area (Å²) in [6.45, 7) is 0.424. The van der Waals surface area contributed by atoms with Crippen LogP contribution in [0.15, 0.2) is 67.3 Å². The minimum absolute atomic E-state index is 0.190. The van der Waals surface area contributed by atoms with Gasteiger partial charge in [-0.15, -0.1) is 0 Å². The van der Waals surface area contributed by atoms with Crippen LogP contribution in [0.1, 0.15) is 16.1 Å². The van der Waals surface area contributed by atoms with Crippen molar-refractivity contribution in [2.75, 3.05) is 0 Å². The van der Waals surface area contributed by atoms with Gasteiger partial charge in [-0.1, -0.05) is 24.3 Å². The highest BCUT2D eigenvalue weighted by atomic mass is 16.1. The number of hydrogen-bond donors (Lipinski definition) is 2. The third kappa shape index (κ3) is 3.12. The van der Waals surface area contributed by atoms with Crippen molar-refractivity contribution in [1.82, 2.24) is 29.8 Å². The third-order valence-corrected chi connectivity index (χ3v) is 4.92. The zero-order valence-electron chi connectivity index (χ0n) is 15.8. The number of H-pyrrole nitrogens is 1. The van der Waals surface area contributed by atoms with Crippen LogP contribution in [0.2, 0.25) is 0 Å². The molecule has 7 nitrogen and oxygen atoms in total. The van der Waals surface area contributed by atoms with E-state index in [0.717, 1.165) is 38.9 Å². The second kappa shape index (κ2) is 6.87. The van der Waals surface area contributed by atoms with Crippen LogP contribution in [0, 0.1) is 0 Å². The van der Waals surface area contributed by atoms with E-state index in [1.165, 1.54) is 0 Å². The number of aryl methyl sites for hydroxylation is 1. The molecule has 0 radical (unpaired) electrons. The lowest BCUT2D eigenvalue weighted by Gasteiger charge is -2.06. The van der Waals surface area contributed by atoms with E-state index in [4.69, 9.17) is 0 Å². The highest BCUT2D eigenvalue weighted by molar-refractivity contribution is 6.03. The van der Waals surface area contributed by atoms with Crippen LogP contribution < -0.4 is 5.32 Å². The number of carbonyl (C=O) groups excluding carboxylic acids is 1. The van der Waals surface area contributed by atoms with Gasteiger partial charge in [-0.2, -0.15) is 0 Å². The summed E-state index contributed by atoms with van der Waals surface area (Å²) in [5, 5.41) is 3.95. The largest absolute Gasteiger partial charge is 0.347 e. The lowest BCUT2D eigenvalue weighted by molar-refractivity contribution is 0.0946. The van der Waals surface area contributed by atoms with Crippen molar-refractivity contribution in [3.63, 3.8) is 0 Å². The van der Waals surface area contributed by atoms with E-state index in [2.05, 4.69) is 37.4 Å². The Morgan fingerprint density at radius 1 is 1.10 bits per heavy atom. The number of nitrogens with one attached hydrogen (secondary N) is 2. The Hall–Kier alpha value is -4.00. The van der Waals surface area contributed by atoms with Gasteiger partial charge in [0.15, 0.2) is 0 Å². The van der Waals surface area contributed by atoms with Gasteiger partial charge >= 0.3 is 0 Å². The Morgan fingerprint density at radius 2 is 2.03 bits per heavy atom. The molecule has 1 aromatic carbocycles. The van der Waals surface area contributed by atoms with Gasteiger partial charge in [0.2, 0.25) is 0 Å². The molecule has 0 bridgehead atoms. The second-order valence-electron chi connectivity index (χ2n) is 6.89. The summed E-state index contributed by atoms with van der Waals surface area (Å²) >= 11 is 0. The highest BCUT2D eigenvalue weighted by Gasteiger charge is 2.12. The first-order valence-corrected chi connectivity index (χ1v) is 9.26. The first-order chi connectivity index (χ1) is 14.2. The maximum absolute atomic E-state index is 12.2. The molecule has 0 fully saturated rings. The molecule has 0 unspecified atom stereocenters. The van der Waals surface area contributed by atoms with E-state index in [-0.39, 0.29) is 5.91 Å². The van der Waals surface area contributed by atoms with E-state index in [1.54, 1.807) is 36.9 Å². The number of aromatic nitrogens is 5. The SMILES string of the molecule is Cn1cnc2cnc3[nH]c(-c4cccc(CNC(=O)c5ccccn5)c4)cc3c21. The molecular formula is C22H18N6O. The van der Waals surface area contributed by atoms with Crippen LogP contribution in [0.5, 0.6) is 0 Å². The van der Waals surface area contributed by atoms with E-state index < -0.39 is 0 Å². The molecule has 0 atom stereocenters. The van der Waals surface area contributed by atoms with Crippen molar-refractivity contribution in [3.05, 3.63) is 78.5 Å². The standard InChI is InChI=1S/C22H18N6O/c1-28-13-26-19-12-24-21-16(20(19)28)10-18(27-21)15-6-4-5-14(9-15)11-25-22(29)17-7-2-3-8-23-17/h2-10,12-13H,11H2,1H3,(H,24,27)(H,25,29). The molecule has 4 heterocycles. The van der Waals surface area contributed by atoms with Crippen LogP contribution in [-0.4, -0.2) is 30.4 Å². The monoisotopic (exact) mass is 382 g/mol. The van der Waals surface area contributed by atoms with Gasteiger partial charge in [0.25, 0.3) is 5.91 Å². The number of benzene rings is 1. The lowest BCUT2D eigenvalue weighted by Crippen LogP contribution is -2.23. The van der Waals surface area contributed by atoms with Gasteiger partial charge < -0.3 is 14.9 Å². The number of hydrogen-bond acceptors (Lipinski definition) is 4. The molecule has 4 aromatic heterocycles. The molecule has 0 aliphatic rings. The van der Waals surface area contributed by atoms with Crippen molar-refractivity contribution >= 4 is 28.0 Å². The molecule has 0 saturated carbocycles. The van der Waals surface area contributed by atoms with Gasteiger partial charge in [0, 0.05) is 30.9 Å². The fourth-order valence-electron chi connectivity index (χ4n) is 3.50. The molecule has 29 heavy (non-hydrogen) atoms. The van der Waals surface area contributed by atoms with Crippen LogP contribution in [0.4, 0.5) is 0 Å². The van der Waals surface area contributed by atoms with Crippen LogP contribution in [0.3, 0.4) is 0 Å². The molecule has 7 heteroatoms. The van der Waals surface area contributed by atoms with E-state index in [0.29, 0.717) is 12.2 Å². The fraction of sp³-hybridized carbons (Fsp3) is 0.0909. The number of pyridine rings is 2.